The summed E-state index contributed by atoms with van der Waals surface area (Å²) in [5.41, 5.74) is 4.59. The Morgan fingerprint density at radius 1 is 1.25 bits per heavy atom. The van der Waals surface area contributed by atoms with Crippen molar-refractivity contribution in [1.82, 2.24) is 20.3 Å². The van der Waals surface area contributed by atoms with Gasteiger partial charge in [0, 0.05) is 28.5 Å². The normalized spacial score (nSPS) is 13.2. The van der Waals surface area contributed by atoms with E-state index < -0.39 is 11.9 Å². The molecule has 2 atom stereocenters. The Balaban J connectivity index is 1.73. The number of benzene rings is 1. The van der Waals surface area contributed by atoms with Crippen molar-refractivity contribution in [3.8, 4) is 11.4 Å². The van der Waals surface area contributed by atoms with Gasteiger partial charge in [-0.15, -0.1) is 11.3 Å². The molecule has 2 aromatic heterocycles. The highest BCUT2D eigenvalue weighted by atomic mass is 32.1. The van der Waals surface area contributed by atoms with Crippen LogP contribution in [0, 0.1) is 19.7 Å². The fourth-order valence-electron chi connectivity index (χ4n) is 2.97. The van der Waals surface area contributed by atoms with E-state index in [9.17, 15) is 14.3 Å². The first-order valence-corrected chi connectivity index (χ1v) is 9.69. The van der Waals surface area contributed by atoms with Gasteiger partial charge < -0.3 is 10.4 Å². The maximum atomic E-state index is 13.0. The van der Waals surface area contributed by atoms with Gasteiger partial charge in [-0.1, -0.05) is 6.07 Å². The first-order valence-electron chi connectivity index (χ1n) is 8.81. The summed E-state index contributed by atoms with van der Waals surface area (Å²) in [5.74, 6) is -0.549. The highest BCUT2D eigenvalue weighted by Crippen LogP contribution is 2.26. The molecule has 2 N–H and O–H groups in total. The van der Waals surface area contributed by atoms with Crippen LogP contribution in [0.25, 0.3) is 11.4 Å². The molecule has 1 aromatic carbocycles. The minimum atomic E-state index is -0.612. The van der Waals surface area contributed by atoms with Crippen molar-refractivity contribution in [1.29, 1.82) is 0 Å². The Morgan fingerprint density at radius 3 is 2.54 bits per heavy atom. The smallest absolute Gasteiger partial charge is 0.251 e. The summed E-state index contributed by atoms with van der Waals surface area (Å²) in [5, 5.41) is 13.0. The van der Waals surface area contributed by atoms with E-state index in [0.29, 0.717) is 23.5 Å². The van der Waals surface area contributed by atoms with E-state index >= 15 is 0 Å². The zero-order chi connectivity index (χ0) is 20.3. The number of carbonyl (C=O) groups is 1. The Labute approximate surface area is 166 Å². The van der Waals surface area contributed by atoms with Crippen molar-refractivity contribution >= 4 is 17.2 Å². The van der Waals surface area contributed by atoms with E-state index in [1.807, 2.05) is 13.8 Å². The van der Waals surface area contributed by atoms with Gasteiger partial charge in [-0.25, -0.2) is 19.3 Å². The van der Waals surface area contributed by atoms with Gasteiger partial charge in [-0.3, -0.25) is 4.79 Å². The van der Waals surface area contributed by atoms with Crippen molar-refractivity contribution in [2.45, 2.75) is 32.8 Å². The molecular formula is C20H21FN4O2S. The zero-order valence-corrected chi connectivity index (χ0v) is 16.6. The van der Waals surface area contributed by atoms with Crippen LogP contribution in [0.5, 0.6) is 0 Å². The molecule has 3 aromatic rings. The molecule has 0 saturated carbocycles. The summed E-state index contributed by atoms with van der Waals surface area (Å²) in [7, 11) is 0. The van der Waals surface area contributed by atoms with E-state index in [4.69, 9.17) is 0 Å². The average Bonchev–Trinajstić information content (AvgIpc) is 3.07. The topological polar surface area (TPSA) is 88.0 Å². The van der Waals surface area contributed by atoms with Gasteiger partial charge in [0.1, 0.15) is 0 Å². The third-order valence-electron chi connectivity index (χ3n) is 4.53. The largest absolute Gasteiger partial charge is 0.393 e. The third-order valence-corrected chi connectivity index (χ3v) is 5.60. The molecule has 28 heavy (non-hydrogen) atoms. The Kier molecular flexibility index (Phi) is 6.11. The summed E-state index contributed by atoms with van der Waals surface area (Å²) in [6.07, 6.45) is 1.60. The second-order valence-electron chi connectivity index (χ2n) is 6.61. The van der Waals surface area contributed by atoms with Crippen LogP contribution in [0.3, 0.4) is 0 Å². The molecule has 0 unspecified atom stereocenters. The number of rotatable bonds is 6. The van der Waals surface area contributed by atoms with Gasteiger partial charge in [0.05, 0.1) is 29.7 Å². The van der Waals surface area contributed by atoms with Crippen molar-refractivity contribution in [2.24, 2.45) is 0 Å². The lowest BCUT2D eigenvalue weighted by molar-refractivity contribution is 0.0936. The number of carbonyl (C=O) groups excluding carboxylic acids is 1. The number of aliphatic hydroxyl groups is 1. The minimum absolute atomic E-state index is 0.219. The highest BCUT2D eigenvalue weighted by Gasteiger charge is 2.22. The van der Waals surface area contributed by atoms with Gasteiger partial charge in [0.25, 0.3) is 5.91 Å². The number of amides is 1. The molecule has 146 valence electrons. The van der Waals surface area contributed by atoms with Gasteiger partial charge in [0.15, 0.2) is 11.6 Å². The second kappa shape index (κ2) is 8.53. The van der Waals surface area contributed by atoms with Crippen LogP contribution in [0.15, 0.2) is 36.1 Å². The lowest BCUT2D eigenvalue weighted by Crippen LogP contribution is -2.33. The van der Waals surface area contributed by atoms with E-state index in [-0.39, 0.29) is 11.8 Å². The standard InChI is InChI=1S/C20H21FN4O2S/c1-11-6-14(19-22-7-15(21)8-23-19)4-5-16(11)20(27)24-9-17(13(3)26)18-12(2)25-10-28-18/h4-8,10,13,17,26H,9H2,1-3H3,(H,24,27)/t13-,17+/m0/s1. The summed E-state index contributed by atoms with van der Waals surface area (Å²) in [6.45, 7) is 5.73. The fraction of sp³-hybridized carbons (Fsp3) is 0.300. The molecule has 8 heteroatoms. The molecule has 0 aliphatic rings. The summed E-state index contributed by atoms with van der Waals surface area (Å²) in [6, 6.07) is 5.22. The summed E-state index contributed by atoms with van der Waals surface area (Å²) >= 11 is 1.47. The highest BCUT2D eigenvalue weighted by molar-refractivity contribution is 7.09. The van der Waals surface area contributed by atoms with Crippen molar-refractivity contribution in [2.75, 3.05) is 6.54 Å². The van der Waals surface area contributed by atoms with E-state index in [1.54, 1.807) is 30.6 Å². The van der Waals surface area contributed by atoms with Gasteiger partial charge >= 0.3 is 0 Å². The monoisotopic (exact) mass is 400 g/mol. The average molecular weight is 400 g/mol. The SMILES string of the molecule is Cc1cc(-c2ncc(F)cn2)ccc1C(=O)NC[C@@H](c1scnc1C)[C@H](C)O. The maximum absolute atomic E-state index is 13.0. The van der Waals surface area contributed by atoms with Crippen molar-refractivity contribution in [3.63, 3.8) is 0 Å². The number of aliphatic hydroxyl groups excluding tert-OH is 1. The molecular weight excluding hydrogens is 379 g/mol. The Hall–Kier alpha value is -2.71. The number of nitrogens with zero attached hydrogens (tertiary/aromatic N) is 3. The molecule has 0 radical (unpaired) electrons. The minimum Gasteiger partial charge on any atom is -0.393 e. The molecule has 0 aliphatic carbocycles. The third kappa shape index (κ3) is 4.40. The lowest BCUT2D eigenvalue weighted by Gasteiger charge is -2.20. The first kappa shape index (κ1) is 20.0. The van der Waals surface area contributed by atoms with Crippen LogP contribution in [0.1, 0.15) is 39.3 Å². The molecule has 0 saturated heterocycles. The number of hydrogen-bond acceptors (Lipinski definition) is 6. The van der Waals surface area contributed by atoms with Crippen LogP contribution in [0.4, 0.5) is 4.39 Å². The number of aryl methyl sites for hydroxylation is 2. The number of nitrogens with one attached hydrogen (secondary N) is 1. The van der Waals surface area contributed by atoms with Crippen molar-refractivity contribution in [3.05, 3.63) is 63.6 Å². The quantitative estimate of drug-likeness (QED) is 0.663. The molecule has 0 aliphatic heterocycles. The van der Waals surface area contributed by atoms with Crippen LogP contribution in [-0.4, -0.2) is 38.6 Å². The summed E-state index contributed by atoms with van der Waals surface area (Å²) < 4.78 is 13.0. The van der Waals surface area contributed by atoms with Gasteiger partial charge in [-0.2, -0.15) is 0 Å². The second-order valence-corrected chi connectivity index (χ2v) is 7.50. The molecule has 2 heterocycles. The van der Waals surface area contributed by atoms with Gasteiger partial charge in [-0.05, 0) is 38.5 Å². The molecule has 3 rings (SSSR count). The number of hydrogen-bond donors (Lipinski definition) is 2. The number of aromatic nitrogens is 3. The van der Waals surface area contributed by atoms with Crippen LogP contribution < -0.4 is 5.32 Å². The predicted molar refractivity (Wildman–Crippen MR) is 106 cm³/mol. The van der Waals surface area contributed by atoms with Crippen LogP contribution in [-0.2, 0) is 0 Å². The maximum Gasteiger partial charge on any atom is 0.251 e. The molecule has 0 spiro atoms. The number of halogens is 1. The predicted octanol–water partition coefficient (Wildman–Crippen LogP) is 3.25. The Morgan fingerprint density at radius 2 is 1.96 bits per heavy atom. The van der Waals surface area contributed by atoms with Gasteiger partial charge in [0.2, 0.25) is 0 Å². The molecule has 0 fully saturated rings. The van der Waals surface area contributed by atoms with Crippen molar-refractivity contribution < 1.29 is 14.3 Å². The van der Waals surface area contributed by atoms with E-state index in [2.05, 4.69) is 20.3 Å². The van der Waals surface area contributed by atoms with Crippen LogP contribution in [0.2, 0.25) is 0 Å². The Bertz CT molecular complexity index is 973. The number of thiazole rings is 1. The lowest BCUT2D eigenvalue weighted by atomic mass is 9.99. The molecule has 6 nitrogen and oxygen atoms in total. The van der Waals surface area contributed by atoms with Crippen LogP contribution >= 0.6 is 11.3 Å². The van der Waals surface area contributed by atoms with E-state index in [0.717, 1.165) is 28.5 Å². The van der Waals surface area contributed by atoms with E-state index in [1.165, 1.54) is 11.3 Å². The molecule has 0 bridgehead atoms. The first-order chi connectivity index (χ1) is 13.4. The summed E-state index contributed by atoms with van der Waals surface area (Å²) in [4.78, 5) is 25.8. The fourth-order valence-corrected chi connectivity index (χ4v) is 3.97. The molecule has 1 amide bonds. The zero-order valence-electron chi connectivity index (χ0n) is 15.8.